The van der Waals surface area contributed by atoms with Gasteiger partial charge in [0, 0.05) is 11.3 Å². The molecule has 100 valence electrons. The second-order valence-electron chi connectivity index (χ2n) is 4.45. The third kappa shape index (κ3) is 2.33. The van der Waals surface area contributed by atoms with Gasteiger partial charge < -0.3 is 10.4 Å². The number of phenols is 1. The lowest BCUT2D eigenvalue weighted by molar-refractivity contribution is 0.209. The fourth-order valence-corrected chi connectivity index (χ4v) is 2.01. The summed E-state index contributed by atoms with van der Waals surface area (Å²) in [6.07, 6.45) is 1.48. The minimum absolute atomic E-state index is 0.133. The summed E-state index contributed by atoms with van der Waals surface area (Å²) in [5.74, 6) is 0.133. The Hall–Kier alpha value is -2.82. The molecule has 20 heavy (non-hydrogen) atoms. The van der Waals surface area contributed by atoms with E-state index in [0.29, 0.717) is 12.1 Å². The minimum Gasteiger partial charge on any atom is -0.507 e. The number of para-hydroxylation sites is 2. The standard InChI is InChI=1S/C15H13N3O2/c19-14-8-4-2-5-11(14)9-16-18-10-12-6-1-3-7-13(12)17-15(18)20/h1-9,19H,10H2,(H,17,20)/b16-9+. The highest BCUT2D eigenvalue weighted by molar-refractivity contribution is 5.93. The summed E-state index contributed by atoms with van der Waals surface area (Å²) in [7, 11) is 0. The molecule has 2 aromatic carbocycles. The van der Waals surface area contributed by atoms with Gasteiger partial charge in [0.05, 0.1) is 12.8 Å². The Labute approximate surface area is 116 Å². The lowest BCUT2D eigenvalue weighted by Gasteiger charge is -2.25. The van der Waals surface area contributed by atoms with Gasteiger partial charge in [-0.3, -0.25) is 0 Å². The van der Waals surface area contributed by atoms with Crippen LogP contribution in [0.25, 0.3) is 0 Å². The van der Waals surface area contributed by atoms with Crippen LogP contribution in [0.3, 0.4) is 0 Å². The van der Waals surface area contributed by atoms with Crippen LogP contribution in [0.15, 0.2) is 53.6 Å². The van der Waals surface area contributed by atoms with Crippen LogP contribution in [0.5, 0.6) is 5.75 Å². The summed E-state index contributed by atoms with van der Waals surface area (Å²) in [5, 5.41) is 17.9. The summed E-state index contributed by atoms with van der Waals surface area (Å²) in [6.45, 7) is 0.409. The Morgan fingerprint density at radius 3 is 2.75 bits per heavy atom. The summed E-state index contributed by atoms with van der Waals surface area (Å²) in [4.78, 5) is 11.9. The third-order valence-electron chi connectivity index (χ3n) is 3.09. The second kappa shape index (κ2) is 5.05. The summed E-state index contributed by atoms with van der Waals surface area (Å²) >= 11 is 0. The maximum atomic E-state index is 11.9. The highest BCUT2D eigenvalue weighted by atomic mass is 16.3. The fraction of sp³-hybridized carbons (Fsp3) is 0.0667. The molecule has 0 spiro atoms. The fourth-order valence-electron chi connectivity index (χ4n) is 2.01. The molecule has 3 rings (SSSR count). The van der Waals surface area contributed by atoms with Gasteiger partial charge >= 0.3 is 6.03 Å². The summed E-state index contributed by atoms with van der Waals surface area (Å²) in [6, 6.07) is 14.1. The molecule has 2 N–H and O–H groups in total. The number of nitrogens with zero attached hydrogens (tertiary/aromatic N) is 2. The molecule has 0 bridgehead atoms. The molecule has 1 aliphatic rings. The summed E-state index contributed by atoms with van der Waals surface area (Å²) in [5.41, 5.74) is 2.38. The van der Waals surface area contributed by atoms with E-state index < -0.39 is 0 Å². The number of carbonyl (C=O) groups excluding carboxylic acids is 1. The van der Waals surface area contributed by atoms with E-state index in [-0.39, 0.29) is 11.8 Å². The normalized spacial score (nSPS) is 14.2. The van der Waals surface area contributed by atoms with Crippen molar-refractivity contribution in [2.75, 3.05) is 5.32 Å². The van der Waals surface area contributed by atoms with Crippen LogP contribution in [0.4, 0.5) is 10.5 Å². The van der Waals surface area contributed by atoms with Crippen molar-refractivity contribution in [2.24, 2.45) is 5.10 Å². The number of hydrogen-bond donors (Lipinski definition) is 2. The number of hydrazone groups is 1. The van der Waals surface area contributed by atoms with E-state index >= 15 is 0 Å². The molecule has 2 amide bonds. The predicted octanol–water partition coefficient (Wildman–Crippen LogP) is 2.77. The molecule has 0 saturated carbocycles. The monoisotopic (exact) mass is 267 g/mol. The Kier molecular flexibility index (Phi) is 3.09. The molecule has 0 fully saturated rings. The molecule has 5 nitrogen and oxygen atoms in total. The summed E-state index contributed by atoms with van der Waals surface area (Å²) < 4.78 is 0. The number of amides is 2. The first-order valence-electron chi connectivity index (χ1n) is 6.22. The van der Waals surface area contributed by atoms with Gasteiger partial charge in [-0.2, -0.15) is 5.10 Å². The van der Waals surface area contributed by atoms with E-state index in [1.165, 1.54) is 11.2 Å². The van der Waals surface area contributed by atoms with Crippen molar-refractivity contribution in [2.45, 2.75) is 6.54 Å². The van der Waals surface area contributed by atoms with Gasteiger partial charge in [-0.1, -0.05) is 30.3 Å². The number of urea groups is 1. The molecule has 0 unspecified atom stereocenters. The number of aromatic hydroxyl groups is 1. The molecule has 2 aromatic rings. The Morgan fingerprint density at radius 2 is 1.90 bits per heavy atom. The molecular weight excluding hydrogens is 254 g/mol. The van der Waals surface area contributed by atoms with Gasteiger partial charge in [0.25, 0.3) is 0 Å². The van der Waals surface area contributed by atoms with E-state index in [2.05, 4.69) is 10.4 Å². The quantitative estimate of drug-likeness (QED) is 0.822. The van der Waals surface area contributed by atoms with E-state index in [1.807, 2.05) is 24.3 Å². The zero-order valence-electron chi connectivity index (χ0n) is 10.7. The third-order valence-corrected chi connectivity index (χ3v) is 3.09. The maximum Gasteiger partial charge on any atom is 0.342 e. The van der Waals surface area contributed by atoms with E-state index in [0.717, 1.165) is 11.3 Å². The molecule has 0 atom stereocenters. The maximum absolute atomic E-state index is 11.9. The number of carbonyl (C=O) groups is 1. The average Bonchev–Trinajstić information content (AvgIpc) is 2.46. The van der Waals surface area contributed by atoms with E-state index in [4.69, 9.17) is 0 Å². The molecule has 0 radical (unpaired) electrons. The SMILES string of the molecule is O=C1Nc2ccccc2CN1/N=C/c1ccccc1O. The lowest BCUT2D eigenvalue weighted by atomic mass is 10.1. The highest BCUT2D eigenvalue weighted by Crippen LogP contribution is 2.23. The zero-order chi connectivity index (χ0) is 13.9. The van der Waals surface area contributed by atoms with Gasteiger partial charge in [0.2, 0.25) is 0 Å². The number of benzene rings is 2. The Morgan fingerprint density at radius 1 is 1.15 bits per heavy atom. The molecule has 1 aliphatic heterocycles. The van der Waals surface area contributed by atoms with Crippen molar-refractivity contribution < 1.29 is 9.90 Å². The van der Waals surface area contributed by atoms with Gasteiger partial charge in [0.15, 0.2) is 0 Å². The molecule has 1 heterocycles. The van der Waals surface area contributed by atoms with Crippen molar-refractivity contribution in [3.8, 4) is 5.75 Å². The largest absolute Gasteiger partial charge is 0.507 e. The van der Waals surface area contributed by atoms with Crippen molar-refractivity contribution >= 4 is 17.9 Å². The number of anilines is 1. The van der Waals surface area contributed by atoms with Crippen molar-refractivity contribution in [1.29, 1.82) is 0 Å². The predicted molar refractivity (Wildman–Crippen MR) is 76.7 cm³/mol. The van der Waals surface area contributed by atoms with Crippen LogP contribution in [0.2, 0.25) is 0 Å². The van der Waals surface area contributed by atoms with Crippen LogP contribution in [-0.4, -0.2) is 22.4 Å². The van der Waals surface area contributed by atoms with E-state index in [1.54, 1.807) is 24.3 Å². The highest BCUT2D eigenvalue weighted by Gasteiger charge is 2.21. The van der Waals surface area contributed by atoms with Gasteiger partial charge in [-0.05, 0) is 23.8 Å². The first-order chi connectivity index (χ1) is 9.74. The van der Waals surface area contributed by atoms with Crippen LogP contribution in [-0.2, 0) is 6.54 Å². The van der Waals surface area contributed by atoms with Crippen molar-refractivity contribution in [3.63, 3.8) is 0 Å². The van der Waals surface area contributed by atoms with Crippen LogP contribution < -0.4 is 5.32 Å². The topological polar surface area (TPSA) is 64.9 Å². The second-order valence-corrected chi connectivity index (χ2v) is 4.45. The number of hydrogen-bond acceptors (Lipinski definition) is 3. The number of rotatable bonds is 2. The number of phenolic OH excluding ortho intramolecular Hbond substituents is 1. The van der Waals surface area contributed by atoms with Crippen LogP contribution >= 0.6 is 0 Å². The number of fused-ring (bicyclic) bond motifs is 1. The van der Waals surface area contributed by atoms with Crippen LogP contribution in [0, 0.1) is 0 Å². The molecule has 0 saturated heterocycles. The Bertz CT molecular complexity index is 682. The van der Waals surface area contributed by atoms with Crippen molar-refractivity contribution in [3.05, 3.63) is 59.7 Å². The average molecular weight is 267 g/mol. The molecule has 0 aromatic heterocycles. The van der Waals surface area contributed by atoms with Crippen molar-refractivity contribution in [1.82, 2.24) is 5.01 Å². The van der Waals surface area contributed by atoms with Gasteiger partial charge in [0.1, 0.15) is 5.75 Å². The smallest absolute Gasteiger partial charge is 0.342 e. The van der Waals surface area contributed by atoms with E-state index in [9.17, 15) is 9.90 Å². The minimum atomic E-state index is -0.282. The van der Waals surface area contributed by atoms with Crippen LogP contribution in [0.1, 0.15) is 11.1 Å². The van der Waals surface area contributed by atoms with Gasteiger partial charge in [-0.25, -0.2) is 9.80 Å². The lowest BCUT2D eigenvalue weighted by Crippen LogP contribution is -2.34. The zero-order valence-corrected chi connectivity index (χ0v) is 10.7. The Balaban J connectivity index is 1.82. The number of nitrogens with one attached hydrogen (secondary N) is 1. The molecular formula is C15H13N3O2. The molecule has 5 heteroatoms. The first kappa shape index (κ1) is 12.2. The van der Waals surface area contributed by atoms with Gasteiger partial charge in [-0.15, -0.1) is 0 Å². The first-order valence-corrected chi connectivity index (χ1v) is 6.22. The molecule has 0 aliphatic carbocycles.